The van der Waals surface area contributed by atoms with Crippen LogP contribution in [0.3, 0.4) is 0 Å². The molecular formula is C53H59N9O7. The van der Waals surface area contributed by atoms with E-state index in [1.807, 2.05) is 40.4 Å². The lowest BCUT2D eigenvalue weighted by atomic mass is 9.96. The van der Waals surface area contributed by atoms with Crippen molar-refractivity contribution in [3.63, 3.8) is 0 Å². The Kier molecular flexibility index (Phi) is 12.1. The van der Waals surface area contributed by atoms with Gasteiger partial charge in [-0.1, -0.05) is 68.1 Å². The SMILES string of the molecule is COC(=O)N[C@H](C(=O)N1CCC[C@H]1c1ncc(-c2ccc3c(c2)O[C@@H](c2ccccc2)n2c-3cc3cc(-c4cnc([C@@H]5CCCN5C(=O)[C@@H](NC(=O)OC)C5CCCC5)[nH]4)ccc32)[nH]1)C1CCCC1. The molecule has 0 radical (unpaired) electrons. The fourth-order valence-corrected chi connectivity index (χ4v) is 11.9. The van der Waals surface area contributed by atoms with Crippen molar-refractivity contribution in [1.82, 2.24) is 44.9 Å². The number of imidazole rings is 2. The molecule has 2 saturated heterocycles. The number of fused-ring (bicyclic) bond motifs is 5. The number of nitrogens with zero attached hydrogens (tertiary/aromatic N) is 5. The van der Waals surface area contributed by atoms with E-state index < -0.39 is 30.5 Å². The number of nitrogens with one attached hydrogen (secondary N) is 4. The van der Waals surface area contributed by atoms with Crippen molar-refractivity contribution in [2.45, 2.75) is 107 Å². The number of H-pyrrole nitrogens is 2. The second-order valence-electron chi connectivity index (χ2n) is 19.3. The molecule has 4 amide bonds. The third-order valence-corrected chi connectivity index (χ3v) is 15.4. The lowest BCUT2D eigenvalue weighted by molar-refractivity contribution is -0.136. The number of rotatable bonds is 11. The second-order valence-corrected chi connectivity index (χ2v) is 19.3. The molecule has 0 spiro atoms. The topological polar surface area (TPSA) is 189 Å². The standard InChI is InChI=1S/C53H59N9O7/c1-67-52(65)58-45(31-12-6-7-13-31)49(63)60-24-10-18-41(60)47-54-29-38(56-47)34-21-23-40-36(26-34)27-43-37-22-20-35(28-44(37)69-51(62(40)43)33-16-4-3-5-17-33)39-30-55-48(57-39)42-19-11-25-61(42)50(64)46(59-53(66)68-2)32-14-8-9-15-32/h3-5,16-17,20-23,26-32,41-42,45-46,51H,6-15,18-19,24-25H2,1-2H3,(H,54,56)(H,55,57)(H,58,65)(H,59,66)/t41-,42-,45-,46-,51-/m0/s1. The lowest BCUT2D eigenvalue weighted by Gasteiger charge is -2.31. The third-order valence-electron chi connectivity index (χ3n) is 15.4. The van der Waals surface area contributed by atoms with E-state index in [9.17, 15) is 19.2 Å². The highest BCUT2D eigenvalue weighted by Crippen LogP contribution is 2.46. The molecule has 16 nitrogen and oxygen atoms in total. The van der Waals surface area contributed by atoms with E-state index in [-0.39, 0.29) is 35.7 Å². The number of alkyl carbamates (subject to hydrolysis) is 2. The van der Waals surface area contributed by atoms with E-state index >= 15 is 0 Å². The zero-order valence-corrected chi connectivity index (χ0v) is 39.1. The molecule has 3 aromatic carbocycles. The van der Waals surface area contributed by atoms with E-state index in [1.165, 1.54) is 14.2 Å². The Morgan fingerprint density at radius 3 is 1.74 bits per heavy atom. The number of carbonyl (C=O) groups is 4. The van der Waals surface area contributed by atoms with Crippen molar-refractivity contribution in [3.8, 4) is 39.5 Å². The Labute approximate surface area is 400 Å². The zero-order chi connectivity index (χ0) is 47.2. The zero-order valence-electron chi connectivity index (χ0n) is 39.1. The first-order chi connectivity index (χ1) is 33.8. The number of carbonyl (C=O) groups excluding carboxylic acids is 4. The molecule has 69 heavy (non-hydrogen) atoms. The maximum Gasteiger partial charge on any atom is 0.407 e. The van der Waals surface area contributed by atoms with E-state index in [4.69, 9.17) is 24.2 Å². The van der Waals surface area contributed by atoms with Gasteiger partial charge in [-0.15, -0.1) is 0 Å². The van der Waals surface area contributed by atoms with Crippen LogP contribution in [0.5, 0.6) is 5.75 Å². The Morgan fingerprint density at radius 2 is 1.19 bits per heavy atom. The number of methoxy groups -OCH3 is 2. The highest BCUT2D eigenvalue weighted by molar-refractivity contribution is 5.93. The third kappa shape index (κ3) is 8.37. The fourth-order valence-electron chi connectivity index (χ4n) is 11.9. The van der Waals surface area contributed by atoms with Crippen LogP contribution in [0.25, 0.3) is 44.7 Å². The number of aromatic nitrogens is 5. The monoisotopic (exact) mass is 933 g/mol. The number of aromatic amines is 2. The van der Waals surface area contributed by atoms with Crippen LogP contribution >= 0.6 is 0 Å². The Morgan fingerprint density at radius 1 is 0.652 bits per heavy atom. The minimum absolute atomic E-state index is 0.0747. The highest BCUT2D eigenvalue weighted by atomic mass is 16.5. The van der Waals surface area contributed by atoms with Crippen molar-refractivity contribution < 1.29 is 33.4 Å². The Balaban J connectivity index is 0.867. The smallest absolute Gasteiger partial charge is 0.407 e. The Bertz CT molecular complexity index is 2880. The maximum atomic E-state index is 14.1. The first-order valence-electron chi connectivity index (χ1n) is 24.7. The van der Waals surface area contributed by atoms with Gasteiger partial charge in [0.25, 0.3) is 0 Å². The summed E-state index contributed by atoms with van der Waals surface area (Å²) in [6.07, 6.45) is 13.1. The van der Waals surface area contributed by atoms with Gasteiger partial charge < -0.3 is 49.2 Å². The summed E-state index contributed by atoms with van der Waals surface area (Å²) in [6, 6.07) is 23.4. The molecule has 16 heteroatoms. The van der Waals surface area contributed by atoms with Gasteiger partial charge >= 0.3 is 12.2 Å². The lowest BCUT2D eigenvalue weighted by Crippen LogP contribution is -2.51. The summed E-state index contributed by atoms with van der Waals surface area (Å²) in [6.45, 7) is 1.20. The fraction of sp³-hybridized carbons (Fsp3) is 0.434. The van der Waals surface area contributed by atoms with Crippen molar-refractivity contribution in [2.75, 3.05) is 27.3 Å². The number of likely N-dealkylation sites (tertiary alicyclic amines) is 2. The number of ether oxygens (including phenoxy) is 3. The van der Waals surface area contributed by atoms with Crippen molar-refractivity contribution in [2.24, 2.45) is 11.8 Å². The molecule has 0 bridgehead atoms. The highest BCUT2D eigenvalue weighted by Gasteiger charge is 2.42. The van der Waals surface area contributed by atoms with Crippen molar-refractivity contribution in [3.05, 3.63) is 102 Å². The number of hydrogen-bond acceptors (Lipinski definition) is 9. The molecule has 2 saturated carbocycles. The quantitative estimate of drug-likeness (QED) is 0.0982. The second kappa shape index (κ2) is 18.8. The van der Waals surface area contributed by atoms with Crippen LogP contribution in [0.15, 0.2) is 85.2 Å². The minimum Gasteiger partial charge on any atom is -0.465 e. The number of amides is 4. The predicted octanol–water partition coefficient (Wildman–Crippen LogP) is 9.18. The van der Waals surface area contributed by atoms with Gasteiger partial charge in [0.2, 0.25) is 18.0 Å². The summed E-state index contributed by atoms with van der Waals surface area (Å²) < 4.78 is 19.1. The van der Waals surface area contributed by atoms with Gasteiger partial charge in [0.15, 0.2) is 0 Å². The molecule has 11 rings (SSSR count). The molecule has 6 aromatic rings. The summed E-state index contributed by atoms with van der Waals surface area (Å²) in [5, 5.41) is 6.77. The van der Waals surface area contributed by atoms with Crippen LogP contribution in [0.2, 0.25) is 0 Å². The molecule has 6 heterocycles. The van der Waals surface area contributed by atoms with Gasteiger partial charge in [-0.05, 0) is 93.5 Å². The van der Waals surface area contributed by atoms with Crippen LogP contribution in [-0.2, 0) is 19.1 Å². The van der Waals surface area contributed by atoms with Crippen molar-refractivity contribution >= 4 is 34.9 Å². The first kappa shape index (κ1) is 44.4. The Hall–Kier alpha value is -7.10. The number of benzene rings is 3. The molecule has 3 aromatic heterocycles. The molecule has 0 unspecified atom stereocenters. The van der Waals surface area contributed by atoms with E-state index in [2.05, 4.69) is 79.8 Å². The normalized spacial score (nSPS) is 21.2. The van der Waals surface area contributed by atoms with Gasteiger partial charge in [-0.3, -0.25) is 9.59 Å². The molecule has 4 N–H and O–H groups in total. The van der Waals surface area contributed by atoms with Crippen LogP contribution in [-0.4, -0.2) is 97.7 Å². The largest absolute Gasteiger partial charge is 0.465 e. The average Bonchev–Trinajstić information content (AvgIpc) is 4.24. The molecular weight excluding hydrogens is 875 g/mol. The van der Waals surface area contributed by atoms with Gasteiger partial charge in [-0.2, -0.15) is 0 Å². The predicted molar refractivity (Wildman–Crippen MR) is 258 cm³/mol. The number of hydrogen-bond donors (Lipinski definition) is 4. The molecule has 5 aliphatic rings. The summed E-state index contributed by atoms with van der Waals surface area (Å²) in [5.74, 6) is 2.20. The first-order valence-corrected chi connectivity index (χ1v) is 24.7. The molecule has 5 atom stereocenters. The summed E-state index contributed by atoms with van der Waals surface area (Å²) in [7, 11) is 2.66. The van der Waals surface area contributed by atoms with Gasteiger partial charge in [0.05, 0.1) is 61.3 Å². The van der Waals surface area contributed by atoms with Gasteiger partial charge in [-0.25, -0.2) is 19.6 Å². The van der Waals surface area contributed by atoms with Crippen LogP contribution in [0.1, 0.15) is 113 Å². The molecule has 4 fully saturated rings. The van der Waals surface area contributed by atoms with Crippen LogP contribution in [0, 0.1) is 11.8 Å². The van der Waals surface area contributed by atoms with E-state index in [0.29, 0.717) is 13.1 Å². The van der Waals surface area contributed by atoms with Crippen LogP contribution in [0.4, 0.5) is 9.59 Å². The minimum atomic E-state index is -0.628. The molecule has 3 aliphatic heterocycles. The van der Waals surface area contributed by atoms with E-state index in [0.717, 1.165) is 145 Å². The maximum absolute atomic E-state index is 14.1. The molecule has 358 valence electrons. The summed E-state index contributed by atoms with van der Waals surface area (Å²) in [5.41, 5.74) is 7.56. The van der Waals surface area contributed by atoms with Crippen LogP contribution < -0.4 is 15.4 Å². The van der Waals surface area contributed by atoms with Gasteiger partial charge in [0.1, 0.15) is 29.5 Å². The average molecular weight is 934 g/mol. The van der Waals surface area contributed by atoms with E-state index in [1.54, 1.807) is 0 Å². The summed E-state index contributed by atoms with van der Waals surface area (Å²) >= 11 is 0. The van der Waals surface area contributed by atoms with Crippen molar-refractivity contribution in [1.29, 1.82) is 0 Å². The molecule has 2 aliphatic carbocycles. The van der Waals surface area contributed by atoms with Gasteiger partial charge in [0, 0.05) is 40.7 Å². The summed E-state index contributed by atoms with van der Waals surface area (Å²) in [4.78, 5) is 73.6.